The Labute approximate surface area is 163 Å². The molecule has 1 aromatic carbocycles. The Balaban J connectivity index is 1.79. The maximum atomic E-state index is 12.5. The highest BCUT2D eigenvalue weighted by Gasteiger charge is 2.29. The van der Waals surface area contributed by atoms with E-state index in [1.54, 1.807) is 7.11 Å². The summed E-state index contributed by atoms with van der Waals surface area (Å²) in [6.07, 6.45) is 4.27. The molecule has 144 valence electrons. The summed E-state index contributed by atoms with van der Waals surface area (Å²) < 4.78 is 10.1. The van der Waals surface area contributed by atoms with Crippen LogP contribution >= 0.6 is 11.3 Å². The summed E-state index contributed by atoms with van der Waals surface area (Å²) >= 11 is 1.52. The van der Waals surface area contributed by atoms with Crippen molar-refractivity contribution in [3.05, 3.63) is 45.8 Å². The highest BCUT2D eigenvalue weighted by atomic mass is 32.1. The van der Waals surface area contributed by atoms with E-state index in [1.165, 1.54) is 23.3 Å². The molecule has 0 spiro atoms. The molecule has 1 atom stereocenters. The number of esters is 1. The van der Waals surface area contributed by atoms with Crippen molar-refractivity contribution in [2.75, 3.05) is 19.5 Å². The summed E-state index contributed by atoms with van der Waals surface area (Å²) in [7, 11) is 2.99. The molecule has 0 bridgehead atoms. The second-order valence-electron chi connectivity index (χ2n) is 6.79. The lowest BCUT2D eigenvalue weighted by Gasteiger charge is -2.20. The topological polar surface area (TPSA) is 64.6 Å². The summed E-state index contributed by atoms with van der Waals surface area (Å²) in [5, 5.41) is 3.55. The van der Waals surface area contributed by atoms with Gasteiger partial charge >= 0.3 is 5.97 Å². The molecule has 3 rings (SSSR count). The average Bonchev–Trinajstić information content (AvgIpc) is 3.04. The second-order valence-corrected chi connectivity index (χ2v) is 7.89. The van der Waals surface area contributed by atoms with Crippen LogP contribution in [0.5, 0.6) is 5.75 Å². The van der Waals surface area contributed by atoms with Crippen molar-refractivity contribution in [1.29, 1.82) is 0 Å². The molecule has 1 aliphatic rings. The number of hydrogen-bond donors (Lipinski definition) is 1. The zero-order valence-corrected chi connectivity index (χ0v) is 16.8. The minimum atomic E-state index is -0.373. The molecule has 0 saturated heterocycles. The van der Waals surface area contributed by atoms with Crippen LogP contribution in [0.4, 0.5) is 5.00 Å². The van der Waals surface area contributed by atoms with E-state index >= 15 is 0 Å². The Kier molecular flexibility index (Phi) is 6.16. The fraction of sp³-hybridized carbons (Fsp3) is 0.429. The highest BCUT2D eigenvalue weighted by Crippen LogP contribution is 2.40. The minimum absolute atomic E-state index is 0.143. The van der Waals surface area contributed by atoms with Gasteiger partial charge in [-0.25, -0.2) is 4.79 Å². The molecule has 0 radical (unpaired) electrons. The van der Waals surface area contributed by atoms with Gasteiger partial charge < -0.3 is 14.8 Å². The SMILES string of the molecule is CCC1CCc2c(sc(NC(=O)Cc3ccc(OC)cc3)c2C(=O)OC)C1. The Hall–Kier alpha value is -2.34. The Morgan fingerprint density at radius 2 is 1.96 bits per heavy atom. The number of nitrogens with one attached hydrogen (secondary N) is 1. The van der Waals surface area contributed by atoms with Crippen LogP contribution in [-0.4, -0.2) is 26.1 Å². The number of benzene rings is 1. The smallest absolute Gasteiger partial charge is 0.341 e. The van der Waals surface area contributed by atoms with Gasteiger partial charge in [0.25, 0.3) is 0 Å². The first-order valence-corrected chi connectivity index (χ1v) is 10.0. The normalized spacial score (nSPS) is 15.7. The molecule has 2 aromatic rings. The quantitative estimate of drug-likeness (QED) is 0.753. The van der Waals surface area contributed by atoms with Crippen molar-refractivity contribution >= 4 is 28.2 Å². The largest absolute Gasteiger partial charge is 0.497 e. The summed E-state index contributed by atoms with van der Waals surface area (Å²) in [5.74, 6) is 0.881. The molecular weight excluding hydrogens is 362 g/mol. The van der Waals surface area contributed by atoms with Crippen LogP contribution in [-0.2, 0) is 28.8 Å². The molecule has 1 N–H and O–H groups in total. The first-order valence-electron chi connectivity index (χ1n) is 9.21. The van der Waals surface area contributed by atoms with Crippen LogP contribution in [0.3, 0.4) is 0 Å². The maximum absolute atomic E-state index is 12.5. The van der Waals surface area contributed by atoms with E-state index in [1.807, 2.05) is 24.3 Å². The summed E-state index contributed by atoms with van der Waals surface area (Å²) in [5.41, 5.74) is 2.48. The van der Waals surface area contributed by atoms with E-state index in [-0.39, 0.29) is 18.3 Å². The lowest BCUT2D eigenvalue weighted by molar-refractivity contribution is -0.115. The van der Waals surface area contributed by atoms with Crippen molar-refractivity contribution in [2.24, 2.45) is 5.92 Å². The number of amides is 1. The van der Waals surface area contributed by atoms with E-state index in [4.69, 9.17) is 9.47 Å². The first-order chi connectivity index (χ1) is 13.0. The molecule has 0 saturated carbocycles. The van der Waals surface area contributed by atoms with E-state index in [2.05, 4.69) is 12.2 Å². The second kappa shape index (κ2) is 8.57. The van der Waals surface area contributed by atoms with Gasteiger partial charge in [0.05, 0.1) is 26.2 Å². The number of anilines is 1. The van der Waals surface area contributed by atoms with Gasteiger partial charge in [-0.1, -0.05) is 25.5 Å². The monoisotopic (exact) mass is 387 g/mol. The van der Waals surface area contributed by atoms with Gasteiger partial charge in [-0.3, -0.25) is 4.79 Å². The fourth-order valence-corrected chi connectivity index (χ4v) is 4.87. The molecule has 1 aliphatic carbocycles. The Morgan fingerprint density at radius 3 is 2.59 bits per heavy atom. The van der Waals surface area contributed by atoms with Crippen molar-refractivity contribution in [3.8, 4) is 5.75 Å². The molecule has 5 nitrogen and oxygen atoms in total. The number of rotatable bonds is 6. The van der Waals surface area contributed by atoms with E-state index < -0.39 is 0 Å². The van der Waals surface area contributed by atoms with Crippen molar-refractivity contribution in [1.82, 2.24) is 0 Å². The molecule has 6 heteroatoms. The molecule has 0 aliphatic heterocycles. The van der Waals surface area contributed by atoms with Gasteiger partial charge in [0, 0.05) is 4.88 Å². The number of ether oxygens (including phenoxy) is 2. The predicted octanol–water partition coefficient (Wildman–Crippen LogP) is 4.24. The number of carbonyl (C=O) groups excluding carboxylic acids is 2. The average molecular weight is 388 g/mol. The van der Waals surface area contributed by atoms with Gasteiger partial charge in [0.15, 0.2) is 0 Å². The molecule has 1 heterocycles. The van der Waals surface area contributed by atoms with Gasteiger partial charge in [0.2, 0.25) is 5.91 Å². The van der Waals surface area contributed by atoms with Crippen molar-refractivity contribution in [3.63, 3.8) is 0 Å². The van der Waals surface area contributed by atoms with E-state index in [0.717, 1.165) is 42.6 Å². The lowest BCUT2D eigenvalue weighted by Crippen LogP contribution is -2.17. The third kappa shape index (κ3) is 4.33. The zero-order chi connectivity index (χ0) is 19.4. The van der Waals surface area contributed by atoms with Crippen molar-refractivity contribution in [2.45, 2.75) is 39.0 Å². The molecule has 1 amide bonds. The molecule has 1 unspecified atom stereocenters. The van der Waals surface area contributed by atoms with Crippen LogP contribution in [0.1, 0.15) is 46.1 Å². The molecule has 0 fully saturated rings. The van der Waals surface area contributed by atoms with Crippen LogP contribution in [0.2, 0.25) is 0 Å². The van der Waals surface area contributed by atoms with Gasteiger partial charge in [-0.15, -0.1) is 11.3 Å². The van der Waals surface area contributed by atoms with Crippen LogP contribution in [0, 0.1) is 5.92 Å². The van der Waals surface area contributed by atoms with Crippen LogP contribution < -0.4 is 10.1 Å². The van der Waals surface area contributed by atoms with Gasteiger partial charge in [-0.05, 0) is 48.4 Å². The number of fused-ring (bicyclic) bond motifs is 1. The zero-order valence-electron chi connectivity index (χ0n) is 16.0. The minimum Gasteiger partial charge on any atom is -0.497 e. The Bertz CT molecular complexity index is 825. The third-order valence-corrected chi connectivity index (χ3v) is 6.28. The van der Waals surface area contributed by atoms with E-state index in [0.29, 0.717) is 16.5 Å². The summed E-state index contributed by atoms with van der Waals surface area (Å²) in [6.45, 7) is 2.20. The lowest BCUT2D eigenvalue weighted by atomic mass is 9.85. The van der Waals surface area contributed by atoms with Crippen LogP contribution in [0.25, 0.3) is 0 Å². The fourth-order valence-electron chi connectivity index (χ4n) is 3.51. The number of thiophene rings is 1. The number of hydrogen-bond acceptors (Lipinski definition) is 5. The molecular formula is C21H25NO4S. The van der Waals surface area contributed by atoms with E-state index in [9.17, 15) is 9.59 Å². The first kappa shape index (κ1) is 19.4. The predicted molar refractivity (Wildman–Crippen MR) is 107 cm³/mol. The van der Waals surface area contributed by atoms with Crippen LogP contribution in [0.15, 0.2) is 24.3 Å². The van der Waals surface area contributed by atoms with Gasteiger partial charge in [-0.2, -0.15) is 0 Å². The third-order valence-electron chi connectivity index (χ3n) is 5.11. The summed E-state index contributed by atoms with van der Waals surface area (Å²) in [6, 6.07) is 7.39. The molecule has 1 aromatic heterocycles. The van der Waals surface area contributed by atoms with Gasteiger partial charge in [0.1, 0.15) is 10.8 Å². The van der Waals surface area contributed by atoms with Crippen molar-refractivity contribution < 1.29 is 19.1 Å². The standard InChI is InChI=1S/C21H25NO4S/c1-4-13-7-10-16-17(11-13)27-20(19(16)21(24)26-3)22-18(23)12-14-5-8-15(25-2)9-6-14/h5-6,8-9,13H,4,7,10-12H2,1-3H3,(H,22,23). The summed E-state index contributed by atoms with van der Waals surface area (Å²) in [4.78, 5) is 26.1. The molecule has 27 heavy (non-hydrogen) atoms. The highest BCUT2D eigenvalue weighted by molar-refractivity contribution is 7.17. The number of carbonyl (C=O) groups is 2. The maximum Gasteiger partial charge on any atom is 0.341 e. The number of methoxy groups -OCH3 is 2. The Morgan fingerprint density at radius 1 is 1.22 bits per heavy atom.